The monoisotopic (exact) mass is 254 g/mol. The van der Waals surface area contributed by atoms with Gasteiger partial charge in [0, 0.05) is 25.2 Å². The number of urea groups is 1. The van der Waals surface area contributed by atoms with Gasteiger partial charge in [-0.1, -0.05) is 29.8 Å². The minimum Gasteiger partial charge on any atom is -0.395 e. The maximum Gasteiger partial charge on any atom is 0.320 e. The summed E-state index contributed by atoms with van der Waals surface area (Å²) >= 11 is 6.14. The summed E-state index contributed by atoms with van der Waals surface area (Å²) in [5.74, 6) is 0. The van der Waals surface area contributed by atoms with Gasteiger partial charge in [-0.05, 0) is 11.6 Å². The fraction of sp³-hybridized carbons (Fsp3) is 0.417. The molecule has 1 saturated heterocycles. The number of β-amino-alcohol motifs (C(OH)–C–C–N with tert-alkyl or cyclic N) is 1. The highest BCUT2D eigenvalue weighted by Crippen LogP contribution is 2.32. The molecule has 1 aliphatic heterocycles. The van der Waals surface area contributed by atoms with E-state index in [1.54, 1.807) is 16.8 Å². The van der Waals surface area contributed by atoms with Crippen molar-refractivity contribution in [2.75, 3.05) is 26.7 Å². The van der Waals surface area contributed by atoms with Crippen molar-refractivity contribution in [1.82, 2.24) is 9.80 Å². The van der Waals surface area contributed by atoms with Gasteiger partial charge < -0.3 is 14.9 Å². The van der Waals surface area contributed by atoms with Gasteiger partial charge in [-0.25, -0.2) is 4.79 Å². The van der Waals surface area contributed by atoms with Crippen molar-refractivity contribution in [3.8, 4) is 0 Å². The Morgan fingerprint density at radius 3 is 2.82 bits per heavy atom. The van der Waals surface area contributed by atoms with Crippen molar-refractivity contribution in [2.24, 2.45) is 0 Å². The molecule has 0 radical (unpaired) electrons. The number of carbonyl (C=O) groups is 1. The van der Waals surface area contributed by atoms with Gasteiger partial charge in [0.15, 0.2) is 0 Å². The minimum absolute atomic E-state index is 0.0190. The number of amides is 2. The molecule has 0 aliphatic carbocycles. The predicted molar refractivity (Wildman–Crippen MR) is 66.0 cm³/mol. The Morgan fingerprint density at radius 2 is 2.18 bits per heavy atom. The Kier molecular flexibility index (Phi) is 3.54. The third kappa shape index (κ3) is 2.23. The number of benzene rings is 1. The Morgan fingerprint density at radius 1 is 1.47 bits per heavy atom. The number of likely N-dealkylation sites (N-methyl/N-ethyl adjacent to an activating group) is 1. The number of hydrogen-bond donors (Lipinski definition) is 1. The van der Waals surface area contributed by atoms with Crippen molar-refractivity contribution in [3.63, 3.8) is 0 Å². The van der Waals surface area contributed by atoms with E-state index in [-0.39, 0.29) is 18.7 Å². The first-order chi connectivity index (χ1) is 8.15. The molecular weight excluding hydrogens is 240 g/mol. The van der Waals surface area contributed by atoms with Gasteiger partial charge in [0.05, 0.1) is 12.6 Å². The topological polar surface area (TPSA) is 43.8 Å². The van der Waals surface area contributed by atoms with Crippen LogP contribution in [-0.2, 0) is 0 Å². The SMILES string of the molecule is CN1C(=O)N(CCO)CC1c1ccccc1Cl. The van der Waals surface area contributed by atoms with Crippen LogP contribution in [0.25, 0.3) is 0 Å². The maximum absolute atomic E-state index is 11.9. The average molecular weight is 255 g/mol. The summed E-state index contributed by atoms with van der Waals surface area (Å²) in [4.78, 5) is 15.2. The molecule has 1 aromatic rings. The molecule has 2 amide bonds. The number of hydrogen-bond acceptors (Lipinski definition) is 2. The molecular formula is C12H15ClN2O2. The molecule has 1 fully saturated rings. The highest BCUT2D eigenvalue weighted by Gasteiger charge is 2.35. The molecule has 0 aromatic heterocycles. The predicted octanol–water partition coefficient (Wildman–Crippen LogP) is 1.74. The Bertz CT molecular complexity index is 425. The van der Waals surface area contributed by atoms with Gasteiger partial charge in [-0.2, -0.15) is 0 Å². The van der Waals surface area contributed by atoms with Crippen LogP contribution in [0.4, 0.5) is 4.79 Å². The van der Waals surface area contributed by atoms with Crippen molar-refractivity contribution in [2.45, 2.75) is 6.04 Å². The van der Waals surface area contributed by atoms with Crippen molar-refractivity contribution in [3.05, 3.63) is 34.9 Å². The number of halogens is 1. The van der Waals surface area contributed by atoms with Crippen LogP contribution in [-0.4, -0.2) is 47.7 Å². The van der Waals surface area contributed by atoms with Crippen LogP contribution >= 0.6 is 11.6 Å². The van der Waals surface area contributed by atoms with Crippen molar-refractivity contribution >= 4 is 17.6 Å². The first kappa shape index (κ1) is 12.2. The molecule has 5 heteroatoms. The molecule has 1 N–H and O–H groups in total. The standard InChI is InChI=1S/C12H15ClN2O2/c1-14-11(8-15(6-7-16)12(14)17)9-4-2-3-5-10(9)13/h2-5,11,16H,6-8H2,1H3. The van der Waals surface area contributed by atoms with E-state index in [0.29, 0.717) is 18.1 Å². The number of carbonyl (C=O) groups excluding carboxylic acids is 1. The van der Waals surface area contributed by atoms with Crippen molar-refractivity contribution < 1.29 is 9.90 Å². The van der Waals surface area contributed by atoms with E-state index in [1.807, 2.05) is 24.3 Å². The lowest BCUT2D eigenvalue weighted by Crippen LogP contribution is -2.31. The second-order valence-electron chi connectivity index (χ2n) is 4.10. The van der Waals surface area contributed by atoms with E-state index >= 15 is 0 Å². The summed E-state index contributed by atoms with van der Waals surface area (Å²) in [6.07, 6.45) is 0. The lowest BCUT2D eigenvalue weighted by molar-refractivity contribution is 0.182. The Labute approximate surface area is 105 Å². The molecule has 4 nitrogen and oxygen atoms in total. The van der Waals surface area contributed by atoms with Gasteiger partial charge in [0.25, 0.3) is 0 Å². The van der Waals surface area contributed by atoms with E-state index in [9.17, 15) is 4.79 Å². The van der Waals surface area contributed by atoms with Crippen LogP contribution in [0.1, 0.15) is 11.6 Å². The van der Waals surface area contributed by atoms with E-state index < -0.39 is 0 Å². The smallest absolute Gasteiger partial charge is 0.320 e. The summed E-state index contributed by atoms with van der Waals surface area (Å²) in [5, 5.41) is 9.57. The summed E-state index contributed by atoms with van der Waals surface area (Å²) < 4.78 is 0. The number of aliphatic hydroxyl groups is 1. The van der Waals surface area contributed by atoms with Crippen LogP contribution < -0.4 is 0 Å². The van der Waals surface area contributed by atoms with Gasteiger partial charge in [0.1, 0.15) is 0 Å². The zero-order valence-corrected chi connectivity index (χ0v) is 10.4. The maximum atomic E-state index is 11.9. The van der Waals surface area contributed by atoms with E-state index in [1.165, 1.54) is 0 Å². The molecule has 1 aliphatic rings. The summed E-state index contributed by atoms with van der Waals surface area (Å²) in [6, 6.07) is 7.43. The third-order valence-corrected chi connectivity index (χ3v) is 3.41. The molecule has 2 rings (SSSR count). The molecule has 0 saturated carbocycles. The summed E-state index contributed by atoms with van der Waals surface area (Å²) in [5.41, 5.74) is 0.949. The quantitative estimate of drug-likeness (QED) is 0.893. The van der Waals surface area contributed by atoms with E-state index in [4.69, 9.17) is 16.7 Å². The molecule has 1 unspecified atom stereocenters. The largest absolute Gasteiger partial charge is 0.395 e. The normalized spacial score (nSPS) is 20.2. The van der Waals surface area contributed by atoms with Crippen LogP contribution in [0.5, 0.6) is 0 Å². The first-order valence-corrected chi connectivity index (χ1v) is 5.90. The van der Waals surface area contributed by atoms with Crippen LogP contribution in [0.2, 0.25) is 5.02 Å². The molecule has 0 bridgehead atoms. The molecule has 1 aromatic carbocycles. The Balaban J connectivity index is 2.24. The van der Waals surface area contributed by atoms with Crippen LogP contribution in [0.3, 0.4) is 0 Å². The number of nitrogens with zero attached hydrogens (tertiary/aromatic N) is 2. The lowest BCUT2D eigenvalue weighted by Gasteiger charge is -2.18. The zero-order chi connectivity index (χ0) is 12.4. The number of rotatable bonds is 3. The zero-order valence-electron chi connectivity index (χ0n) is 9.64. The molecule has 1 heterocycles. The second-order valence-corrected chi connectivity index (χ2v) is 4.51. The van der Waals surface area contributed by atoms with E-state index in [2.05, 4.69) is 0 Å². The summed E-state index contributed by atoms with van der Waals surface area (Å²) in [6.45, 7) is 0.915. The minimum atomic E-state index is -0.0658. The molecule has 92 valence electrons. The average Bonchev–Trinajstić information content (AvgIpc) is 2.59. The Hall–Kier alpha value is -1.26. The highest BCUT2D eigenvalue weighted by atomic mass is 35.5. The number of aliphatic hydroxyl groups excluding tert-OH is 1. The molecule has 17 heavy (non-hydrogen) atoms. The highest BCUT2D eigenvalue weighted by molar-refractivity contribution is 6.31. The first-order valence-electron chi connectivity index (χ1n) is 5.52. The lowest BCUT2D eigenvalue weighted by atomic mass is 10.1. The van der Waals surface area contributed by atoms with E-state index in [0.717, 1.165) is 5.56 Å². The fourth-order valence-corrected chi connectivity index (χ4v) is 2.39. The van der Waals surface area contributed by atoms with Gasteiger partial charge in [-0.15, -0.1) is 0 Å². The second kappa shape index (κ2) is 4.94. The molecule has 1 atom stereocenters. The fourth-order valence-electron chi connectivity index (χ4n) is 2.13. The van der Waals surface area contributed by atoms with Crippen LogP contribution in [0.15, 0.2) is 24.3 Å². The van der Waals surface area contributed by atoms with Gasteiger partial charge in [-0.3, -0.25) is 0 Å². The summed E-state index contributed by atoms with van der Waals surface area (Å²) in [7, 11) is 1.76. The van der Waals surface area contributed by atoms with Crippen molar-refractivity contribution in [1.29, 1.82) is 0 Å². The van der Waals surface area contributed by atoms with Gasteiger partial charge >= 0.3 is 6.03 Å². The van der Waals surface area contributed by atoms with Crippen LogP contribution in [0, 0.1) is 0 Å². The van der Waals surface area contributed by atoms with Gasteiger partial charge in [0.2, 0.25) is 0 Å². The third-order valence-electron chi connectivity index (χ3n) is 3.07. The molecule has 0 spiro atoms.